The number of nitrogens with one attached hydrogen (secondary N) is 1. The van der Waals surface area contributed by atoms with E-state index in [0.717, 1.165) is 0 Å². The van der Waals surface area contributed by atoms with E-state index in [1.807, 2.05) is 6.07 Å². The van der Waals surface area contributed by atoms with Crippen LogP contribution in [0.2, 0.25) is 0 Å². The number of aromatic nitrogens is 2. The summed E-state index contributed by atoms with van der Waals surface area (Å²) >= 11 is 0. The van der Waals surface area contributed by atoms with Crippen LogP contribution in [-0.2, 0) is 9.53 Å². The Hall–Kier alpha value is -3.74. The molecule has 1 atom stereocenters. The highest BCUT2D eigenvalue weighted by molar-refractivity contribution is 5.97. The molecule has 1 heterocycles. The standard InChI is InChI=1S/C20H17N3O4/c1-26-16-9-5-8-15(12-16)23-19(24)18(14-6-3-2-4-7-14)27-20(25)17-13-21-10-11-22-17/h2-13,18H,1H3,(H,23,24)/t18-/m0/s1. The Morgan fingerprint density at radius 2 is 1.85 bits per heavy atom. The van der Waals surface area contributed by atoms with Crippen LogP contribution in [0, 0.1) is 0 Å². The van der Waals surface area contributed by atoms with E-state index in [4.69, 9.17) is 9.47 Å². The van der Waals surface area contributed by atoms with E-state index >= 15 is 0 Å². The van der Waals surface area contributed by atoms with Crippen LogP contribution >= 0.6 is 0 Å². The van der Waals surface area contributed by atoms with E-state index in [2.05, 4.69) is 15.3 Å². The van der Waals surface area contributed by atoms with Crippen LogP contribution in [0.5, 0.6) is 5.75 Å². The van der Waals surface area contributed by atoms with E-state index < -0.39 is 18.0 Å². The van der Waals surface area contributed by atoms with Crippen molar-refractivity contribution in [2.75, 3.05) is 12.4 Å². The summed E-state index contributed by atoms with van der Waals surface area (Å²) in [7, 11) is 1.54. The zero-order valence-electron chi connectivity index (χ0n) is 14.5. The number of benzene rings is 2. The summed E-state index contributed by atoms with van der Waals surface area (Å²) < 4.78 is 10.6. The van der Waals surface area contributed by atoms with Gasteiger partial charge in [-0.2, -0.15) is 0 Å². The first-order valence-corrected chi connectivity index (χ1v) is 8.14. The van der Waals surface area contributed by atoms with E-state index in [9.17, 15) is 9.59 Å². The van der Waals surface area contributed by atoms with E-state index in [1.165, 1.54) is 25.7 Å². The largest absolute Gasteiger partial charge is 0.497 e. The lowest BCUT2D eigenvalue weighted by Crippen LogP contribution is -2.26. The zero-order valence-corrected chi connectivity index (χ0v) is 14.5. The minimum atomic E-state index is -1.15. The molecule has 0 aliphatic heterocycles. The summed E-state index contributed by atoms with van der Waals surface area (Å²) in [6.45, 7) is 0. The Morgan fingerprint density at radius 3 is 2.56 bits per heavy atom. The van der Waals surface area contributed by atoms with Gasteiger partial charge in [0.05, 0.1) is 13.3 Å². The number of carbonyl (C=O) groups is 2. The molecule has 7 heteroatoms. The quantitative estimate of drug-likeness (QED) is 0.677. The monoisotopic (exact) mass is 363 g/mol. The van der Waals surface area contributed by atoms with Crippen molar-refractivity contribution in [2.45, 2.75) is 6.10 Å². The number of esters is 1. The van der Waals surface area contributed by atoms with Crippen LogP contribution in [0.15, 0.2) is 73.2 Å². The van der Waals surface area contributed by atoms with Crippen LogP contribution < -0.4 is 10.1 Å². The molecule has 0 saturated carbocycles. The number of methoxy groups -OCH3 is 1. The molecule has 136 valence electrons. The minimum absolute atomic E-state index is 0.0209. The fraction of sp³-hybridized carbons (Fsp3) is 0.100. The van der Waals surface area contributed by atoms with Gasteiger partial charge in [0.1, 0.15) is 5.75 Å². The molecule has 0 bridgehead atoms. The van der Waals surface area contributed by atoms with Crippen molar-refractivity contribution in [3.8, 4) is 5.75 Å². The molecule has 1 aromatic heterocycles. The Bertz CT molecular complexity index is 917. The maximum Gasteiger partial charge on any atom is 0.359 e. The summed E-state index contributed by atoms with van der Waals surface area (Å²) in [5, 5.41) is 2.74. The van der Waals surface area contributed by atoms with Gasteiger partial charge in [0.15, 0.2) is 5.69 Å². The molecule has 0 aliphatic carbocycles. The summed E-state index contributed by atoms with van der Waals surface area (Å²) in [6, 6.07) is 15.6. The van der Waals surface area contributed by atoms with Crippen LogP contribution in [0.3, 0.4) is 0 Å². The fourth-order valence-electron chi connectivity index (χ4n) is 2.38. The van der Waals surface area contributed by atoms with Crippen molar-refractivity contribution >= 4 is 17.6 Å². The first-order chi connectivity index (χ1) is 13.2. The van der Waals surface area contributed by atoms with Gasteiger partial charge in [-0.05, 0) is 12.1 Å². The average molecular weight is 363 g/mol. The minimum Gasteiger partial charge on any atom is -0.497 e. The third-order valence-electron chi connectivity index (χ3n) is 3.67. The highest BCUT2D eigenvalue weighted by atomic mass is 16.5. The highest BCUT2D eigenvalue weighted by Crippen LogP contribution is 2.23. The second kappa shape index (κ2) is 8.57. The Kier molecular flexibility index (Phi) is 5.73. The number of rotatable bonds is 6. The summed E-state index contributed by atoms with van der Waals surface area (Å²) in [5.41, 5.74) is 1.08. The van der Waals surface area contributed by atoms with Crippen molar-refractivity contribution in [1.29, 1.82) is 0 Å². The number of anilines is 1. The number of hydrogen-bond acceptors (Lipinski definition) is 6. The van der Waals surface area contributed by atoms with E-state index in [0.29, 0.717) is 17.0 Å². The molecule has 1 amide bonds. The molecule has 27 heavy (non-hydrogen) atoms. The molecular formula is C20H17N3O4. The number of nitrogens with zero attached hydrogens (tertiary/aromatic N) is 2. The molecule has 0 spiro atoms. The van der Waals surface area contributed by atoms with Gasteiger partial charge in [-0.15, -0.1) is 0 Å². The van der Waals surface area contributed by atoms with Crippen molar-refractivity contribution in [3.05, 3.63) is 84.4 Å². The SMILES string of the molecule is COc1cccc(NC(=O)[C@@H](OC(=O)c2cnccn2)c2ccccc2)c1. The van der Waals surface area contributed by atoms with Gasteiger partial charge in [-0.1, -0.05) is 36.4 Å². The van der Waals surface area contributed by atoms with Gasteiger partial charge >= 0.3 is 5.97 Å². The molecule has 0 radical (unpaired) electrons. The lowest BCUT2D eigenvalue weighted by atomic mass is 10.1. The Morgan fingerprint density at radius 1 is 1.04 bits per heavy atom. The second-order valence-corrected chi connectivity index (χ2v) is 5.51. The van der Waals surface area contributed by atoms with E-state index in [-0.39, 0.29) is 5.69 Å². The van der Waals surface area contributed by atoms with Gasteiger partial charge in [-0.25, -0.2) is 9.78 Å². The van der Waals surface area contributed by atoms with Gasteiger partial charge in [0, 0.05) is 29.7 Å². The highest BCUT2D eigenvalue weighted by Gasteiger charge is 2.26. The number of ether oxygens (including phenoxy) is 2. The van der Waals surface area contributed by atoms with Crippen LogP contribution in [0.25, 0.3) is 0 Å². The normalized spacial score (nSPS) is 11.3. The van der Waals surface area contributed by atoms with Gasteiger partial charge in [0.2, 0.25) is 6.10 Å². The molecule has 1 N–H and O–H groups in total. The lowest BCUT2D eigenvalue weighted by Gasteiger charge is -2.18. The number of amides is 1. The molecule has 0 aliphatic rings. The van der Waals surface area contributed by atoms with Crippen molar-refractivity contribution in [3.63, 3.8) is 0 Å². The summed E-state index contributed by atoms with van der Waals surface area (Å²) in [5.74, 6) is -0.634. The first kappa shape index (κ1) is 18.1. The zero-order chi connectivity index (χ0) is 19.1. The van der Waals surface area contributed by atoms with Crippen LogP contribution in [0.4, 0.5) is 5.69 Å². The molecule has 7 nitrogen and oxygen atoms in total. The van der Waals surface area contributed by atoms with Crippen molar-refractivity contribution in [2.24, 2.45) is 0 Å². The molecule has 3 aromatic rings. The van der Waals surface area contributed by atoms with Crippen molar-refractivity contribution in [1.82, 2.24) is 9.97 Å². The molecule has 3 rings (SSSR count). The Labute approximate surface area is 156 Å². The molecule has 0 fully saturated rings. The fourth-order valence-corrected chi connectivity index (χ4v) is 2.38. The predicted molar refractivity (Wildman–Crippen MR) is 98.3 cm³/mol. The Balaban J connectivity index is 1.83. The maximum atomic E-state index is 12.8. The maximum absolute atomic E-state index is 12.8. The van der Waals surface area contributed by atoms with Crippen LogP contribution in [-0.4, -0.2) is 29.0 Å². The number of hydrogen-bond donors (Lipinski definition) is 1. The molecule has 0 unspecified atom stereocenters. The second-order valence-electron chi connectivity index (χ2n) is 5.51. The van der Waals surface area contributed by atoms with Gasteiger partial charge < -0.3 is 14.8 Å². The van der Waals surface area contributed by atoms with Crippen LogP contribution in [0.1, 0.15) is 22.2 Å². The lowest BCUT2D eigenvalue weighted by molar-refractivity contribution is -0.125. The average Bonchev–Trinajstić information content (AvgIpc) is 2.73. The molecule has 2 aromatic carbocycles. The molecular weight excluding hydrogens is 346 g/mol. The smallest absolute Gasteiger partial charge is 0.359 e. The molecule has 0 saturated heterocycles. The van der Waals surface area contributed by atoms with Crippen molar-refractivity contribution < 1.29 is 19.1 Å². The predicted octanol–water partition coefficient (Wildman–Crippen LogP) is 3.02. The summed E-state index contributed by atoms with van der Waals surface area (Å²) in [6.07, 6.45) is 2.96. The van der Waals surface area contributed by atoms with E-state index in [1.54, 1.807) is 48.5 Å². The topological polar surface area (TPSA) is 90.4 Å². The first-order valence-electron chi connectivity index (χ1n) is 8.14. The number of carbonyl (C=O) groups excluding carboxylic acids is 2. The summed E-state index contributed by atoms with van der Waals surface area (Å²) in [4.78, 5) is 32.9. The third-order valence-corrected chi connectivity index (χ3v) is 3.67. The van der Waals surface area contributed by atoms with Gasteiger partial charge in [0.25, 0.3) is 5.91 Å². The van der Waals surface area contributed by atoms with Gasteiger partial charge in [-0.3, -0.25) is 9.78 Å². The third kappa shape index (κ3) is 4.66.